The van der Waals surface area contributed by atoms with Crippen LogP contribution < -0.4 is 5.69 Å². The number of hydrogen-bond acceptors (Lipinski definition) is 4. The molecule has 0 aliphatic carbocycles. The van der Waals surface area contributed by atoms with Gasteiger partial charge in [0.15, 0.2) is 5.16 Å². The summed E-state index contributed by atoms with van der Waals surface area (Å²) in [5.74, 6) is -0.905. The molecule has 0 fully saturated rings. The quantitative estimate of drug-likeness (QED) is 0.689. The fraction of sp³-hybridized carbons (Fsp3) is 0.571. The highest BCUT2D eigenvalue weighted by atomic mass is 32.2. The van der Waals surface area contributed by atoms with Crippen LogP contribution in [0.15, 0.2) is 9.95 Å². The zero-order chi connectivity index (χ0) is 10.7. The van der Waals surface area contributed by atoms with E-state index in [1.807, 2.05) is 0 Å². The summed E-state index contributed by atoms with van der Waals surface area (Å²) in [4.78, 5) is 21.4. The second kappa shape index (κ2) is 4.32. The van der Waals surface area contributed by atoms with Crippen molar-refractivity contribution < 1.29 is 9.90 Å². The van der Waals surface area contributed by atoms with Crippen molar-refractivity contribution in [2.75, 3.05) is 5.75 Å². The first-order valence-electron chi connectivity index (χ1n) is 3.99. The minimum absolute atomic E-state index is 0.296. The smallest absolute Gasteiger partial charge is 0.343 e. The van der Waals surface area contributed by atoms with E-state index in [-0.39, 0.29) is 5.69 Å². The maximum Gasteiger partial charge on any atom is 0.343 e. The third-order valence-corrected chi connectivity index (χ3v) is 3.01. The lowest BCUT2D eigenvalue weighted by atomic mass is 10.2. The average Bonchev–Trinajstić information content (AvgIpc) is 2.44. The Morgan fingerprint density at radius 1 is 1.79 bits per heavy atom. The third kappa shape index (κ3) is 2.38. The lowest BCUT2D eigenvalue weighted by Crippen LogP contribution is -2.14. The number of nitrogens with one attached hydrogen (secondary N) is 1. The molecule has 78 valence electrons. The van der Waals surface area contributed by atoms with E-state index in [1.165, 1.54) is 16.3 Å². The normalized spacial score (nSPS) is 12.7. The number of aromatic nitrogens is 3. The van der Waals surface area contributed by atoms with Gasteiger partial charge in [0.2, 0.25) is 0 Å². The molecule has 0 spiro atoms. The third-order valence-electron chi connectivity index (χ3n) is 1.72. The van der Waals surface area contributed by atoms with Crippen LogP contribution in [0, 0.1) is 5.92 Å². The average molecular weight is 217 g/mol. The molecule has 0 aromatic carbocycles. The highest BCUT2D eigenvalue weighted by Crippen LogP contribution is 2.15. The Balaban J connectivity index is 2.58. The Labute approximate surface area is 84.3 Å². The molecule has 6 nitrogen and oxygen atoms in total. The van der Waals surface area contributed by atoms with Crippen LogP contribution in [0.25, 0.3) is 0 Å². The summed E-state index contributed by atoms with van der Waals surface area (Å²) in [5, 5.41) is 15.1. The van der Waals surface area contributed by atoms with Gasteiger partial charge >= 0.3 is 11.7 Å². The van der Waals surface area contributed by atoms with Gasteiger partial charge in [-0.05, 0) is 0 Å². The molecule has 1 aromatic heterocycles. The van der Waals surface area contributed by atoms with E-state index in [2.05, 4.69) is 10.2 Å². The molecule has 2 N–H and O–H groups in total. The highest BCUT2D eigenvalue weighted by molar-refractivity contribution is 7.99. The zero-order valence-electron chi connectivity index (χ0n) is 7.85. The molecule has 1 rings (SSSR count). The number of carboxylic acid groups (broad SMARTS) is 1. The molecule has 0 saturated heterocycles. The Kier molecular flexibility index (Phi) is 3.34. The largest absolute Gasteiger partial charge is 0.481 e. The maximum absolute atomic E-state index is 10.9. The predicted octanol–water partition coefficient (Wildman–Crippen LogP) is -0.0788. The van der Waals surface area contributed by atoms with Crippen LogP contribution in [0.1, 0.15) is 6.92 Å². The molecule has 0 saturated carbocycles. The van der Waals surface area contributed by atoms with E-state index in [0.29, 0.717) is 10.9 Å². The van der Waals surface area contributed by atoms with Gasteiger partial charge in [0.1, 0.15) is 0 Å². The van der Waals surface area contributed by atoms with Crippen LogP contribution in [-0.2, 0) is 11.8 Å². The minimum Gasteiger partial charge on any atom is -0.481 e. The van der Waals surface area contributed by atoms with Crippen LogP contribution in [0.5, 0.6) is 0 Å². The first-order valence-corrected chi connectivity index (χ1v) is 4.98. The van der Waals surface area contributed by atoms with Crippen molar-refractivity contribution in [1.82, 2.24) is 14.8 Å². The molecular weight excluding hydrogens is 206 g/mol. The molecule has 7 heteroatoms. The minimum atomic E-state index is -0.849. The van der Waals surface area contributed by atoms with E-state index in [1.54, 1.807) is 14.0 Å². The van der Waals surface area contributed by atoms with Crippen molar-refractivity contribution in [3.8, 4) is 0 Å². The molecule has 0 amide bonds. The van der Waals surface area contributed by atoms with Gasteiger partial charge in [-0.15, -0.1) is 5.10 Å². The van der Waals surface area contributed by atoms with E-state index >= 15 is 0 Å². The lowest BCUT2D eigenvalue weighted by molar-refractivity contribution is -0.140. The molecule has 0 aliphatic rings. The summed E-state index contributed by atoms with van der Waals surface area (Å²) in [5.41, 5.74) is -0.296. The van der Waals surface area contributed by atoms with Crippen LogP contribution in [0.3, 0.4) is 0 Å². The fourth-order valence-corrected chi connectivity index (χ4v) is 1.66. The molecular formula is C7H11N3O3S. The lowest BCUT2D eigenvalue weighted by Gasteiger charge is -2.03. The number of aliphatic carboxylic acids is 1. The van der Waals surface area contributed by atoms with Gasteiger partial charge in [-0.2, -0.15) is 0 Å². The number of H-pyrrole nitrogens is 1. The van der Waals surface area contributed by atoms with Gasteiger partial charge < -0.3 is 5.11 Å². The van der Waals surface area contributed by atoms with Gasteiger partial charge in [0.25, 0.3) is 0 Å². The number of nitrogens with zero attached hydrogens (tertiary/aromatic N) is 2. The second-order valence-corrected chi connectivity index (χ2v) is 3.91. The first-order chi connectivity index (χ1) is 6.52. The van der Waals surface area contributed by atoms with Crippen molar-refractivity contribution in [3.63, 3.8) is 0 Å². The van der Waals surface area contributed by atoms with E-state index in [9.17, 15) is 9.59 Å². The summed E-state index contributed by atoms with van der Waals surface area (Å²) >= 11 is 1.24. The summed E-state index contributed by atoms with van der Waals surface area (Å²) < 4.78 is 1.35. The highest BCUT2D eigenvalue weighted by Gasteiger charge is 2.13. The van der Waals surface area contributed by atoms with E-state index in [4.69, 9.17) is 5.11 Å². The number of carbonyl (C=O) groups is 1. The van der Waals surface area contributed by atoms with Gasteiger partial charge in [-0.3, -0.25) is 9.36 Å². The van der Waals surface area contributed by atoms with Crippen molar-refractivity contribution >= 4 is 17.7 Å². The van der Waals surface area contributed by atoms with Crippen molar-refractivity contribution in [2.45, 2.75) is 12.1 Å². The zero-order valence-corrected chi connectivity index (χ0v) is 8.67. The Bertz CT molecular complexity index is 384. The Morgan fingerprint density at radius 2 is 2.43 bits per heavy atom. The van der Waals surface area contributed by atoms with Crippen LogP contribution in [-0.4, -0.2) is 31.6 Å². The van der Waals surface area contributed by atoms with Gasteiger partial charge in [0, 0.05) is 12.8 Å². The van der Waals surface area contributed by atoms with Crippen LogP contribution in [0.2, 0.25) is 0 Å². The van der Waals surface area contributed by atoms with Crippen LogP contribution >= 0.6 is 11.8 Å². The van der Waals surface area contributed by atoms with Gasteiger partial charge in [-0.25, -0.2) is 9.89 Å². The fourth-order valence-electron chi connectivity index (χ4n) is 0.732. The molecule has 0 bridgehead atoms. The molecule has 1 aromatic rings. The summed E-state index contributed by atoms with van der Waals surface area (Å²) in [7, 11) is 1.58. The number of hydrogen-bond donors (Lipinski definition) is 2. The molecule has 0 aliphatic heterocycles. The monoisotopic (exact) mass is 217 g/mol. The van der Waals surface area contributed by atoms with E-state index in [0.717, 1.165) is 0 Å². The molecule has 1 unspecified atom stereocenters. The molecule has 1 atom stereocenters. The van der Waals surface area contributed by atoms with Crippen molar-refractivity contribution in [2.24, 2.45) is 13.0 Å². The molecule has 1 heterocycles. The standard InChI is InChI=1S/C7H11N3O3S/c1-4(5(11)12)3-14-7-9-8-6(13)10(7)2/h4H,3H2,1-2H3,(H,8,13)(H,11,12). The van der Waals surface area contributed by atoms with Crippen molar-refractivity contribution in [1.29, 1.82) is 0 Å². The van der Waals surface area contributed by atoms with Crippen LogP contribution in [0.4, 0.5) is 0 Å². The molecule has 0 radical (unpaired) electrons. The summed E-state index contributed by atoms with van der Waals surface area (Å²) in [6.07, 6.45) is 0. The van der Waals surface area contributed by atoms with E-state index < -0.39 is 11.9 Å². The second-order valence-electron chi connectivity index (χ2n) is 2.92. The molecule has 14 heavy (non-hydrogen) atoms. The summed E-state index contributed by atoms with van der Waals surface area (Å²) in [6, 6.07) is 0. The SMILES string of the molecule is CC(CSc1n[nH]c(=O)n1C)C(=O)O. The predicted molar refractivity (Wildman–Crippen MR) is 51.4 cm³/mol. The van der Waals surface area contributed by atoms with Gasteiger partial charge in [-0.1, -0.05) is 18.7 Å². The topological polar surface area (TPSA) is 88.0 Å². The van der Waals surface area contributed by atoms with Gasteiger partial charge in [0.05, 0.1) is 5.92 Å². The maximum atomic E-state index is 10.9. The summed E-state index contributed by atoms with van der Waals surface area (Å²) in [6.45, 7) is 1.61. The number of carboxylic acids is 1. The van der Waals surface area contributed by atoms with Crippen molar-refractivity contribution in [3.05, 3.63) is 10.5 Å². The first kappa shape index (κ1) is 10.8. The number of thioether (sulfide) groups is 1. The number of aromatic amines is 1. The Hall–Kier alpha value is -1.24. The number of rotatable bonds is 4. The Morgan fingerprint density at radius 3 is 2.86 bits per heavy atom.